The molecule has 0 spiro atoms. The Morgan fingerprint density at radius 2 is 1.78 bits per heavy atom. The number of nitrogens with zero attached hydrogens (tertiary/aromatic N) is 1. The lowest BCUT2D eigenvalue weighted by molar-refractivity contribution is 0.310. The van der Waals surface area contributed by atoms with Crippen LogP contribution in [0.5, 0.6) is 11.5 Å². The highest BCUT2D eigenvalue weighted by molar-refractivity contribution is 7.99. The Hall–Kier alpha value is -2.73. The van der Waals surface area contributed by atoms with Crippen molar-refractivity contribution in [1.82, 2.24) is 9.97 Å². The van der Waals surface area contributed by atoms with Gasteiger partial charge in [0.2, 0.25) is 0 Å². The van der Waals surface area contributed by atoms with E-state index in [0.29, 0.717) is 17.5 Å². The Balaban J connectivity index is 1.50. The summed E-state index contributed by atoms with van der Waals surface area (Å²) in [5.41, 5.74) is 1.40. The first-order valence-electron chi connectivity index (χ1n) is 8.81. The highest BCUT2D eigenvalue weighted by atomic mass is 32.2. The van der Waals surface area contributed by atoms with E-state index in [-0.39, 0.29) is 5.56 Å². The predicted molar refractivity (Wildman–Crippen MR) is 109 cm³/mol. The van der Waals surface area contributed by atoms with Crippen molar-refractivity contribution in [2.45, 2.75) is 18.0 Å². The van der Waals surface area contributed by atoms with Gasteiger partial charge in [-0.25, -0.2) is 4.98 Å². The molecule has 0 aliphatic carbocycles. The van der Waals surface area contributed by atoms with Crippen molar-refractivity contribution >= 4 is 11.8 Å². The fourth-order valence-electron chi connectivity index (χ4n) is 2.49. The number of aromatic amines is 1. The Morgan fingerprint density at radius 3 is 2.52 bits per heavy atom. The normalized spacial score (nSPS) is 10.6. The van der Waals surface area contributed by atoms with Crippen LogP contribution in [0.15, 0.2) is 70.6 Å². The zero-order chi connectivity index (χ0) is 18.9. The first-order valence-corrected chi connectivity index (χ1v) is 9.79. The van der Waals surface area contributed by atoms with Crippen LogP contribution in [0.1, 0.15) is 12.8 Å². The molecular weight excluding hydrogens is 360 g/mol. The molecule has 0 amide bonds. The lowest BCUT2D eigenvalue weighted by Gasteiger charge is -2.07. The number of nitrogens with one attached hydrogen (secondary N) is 1. The van der Waals surface area contributed by atoms with Crippen LogP contribution in [0.4, 0.5) is 0 Å². The highest BCUT2D eigenvalue weighted by Crippen LogP contribution is 2.22. The number of aromatic nitrogens is 2. The maximum Gasteiger partial charge on any atom is 0.252 e. The van der Waals surface area contributed by atoms with Gasteiger partial charge in [-0.15, -0.1) is 0 Å². The topological polar surface area (TPSA) is 64.2 Å². The fraction of sp³-hybridized carbons (Fsp3) is 0.238. The maximum atomic E-state index is 11.9. The molecule has 5 nitrogen and oxygen atoms in total. The number of para-hydroxylation sites is 1. The average molecular weight is 382 g/mol. The second-order valence-electron chi connectivity index (χ2n) is 5.88. The van der Waals surface area contributed by atoms with Gasteiger partial charge in [0.15, 0.2) is 5.16 Å². The van der Waals surface area contributed by atoms with Crippen molar-refractivity contribution in [1.29, 1.82) is 0 Å². The molecule has 1 aromatic heterocycles. The molecule has 3 aromatic rings. The van der Waals surface area contributed by atoms with Crippen molar-refractivity contribution in [3.05, 3.63) is 71.0 Å². The van der Waals surface area contributed by atoms with Crippen molar-refractivity contribution < 1.29 is 9.47 Å². The minimum atomic E-state index is -0.147. The third-order valence-corrected chi connectivity index (χ3v) is 4.85. The summed E-state index contributed by atoms with van der Waals surface area (Å²) in [7, 11) is 1.63. The lowest BCUT2D eigenvalue weighted by Crippen LogP contribution is -2.08. The molecule has 2 aromatic carbocycles. The predicted octanol–water partition coefficient (Wildman–Crippen LogP) is 4.40. The molecule has 3 rings (SSSR count). The van der Waals surface area contributed by atoms with E-state index < -0.39 is 0 Å². The standard InChI is InChI=1S/C21H22N2O3S/c1-25-17-11-9-16(10-12-17)19-15-20(24)23-21(22-19)27-14-6-5-13-26-18-7-3-2-4-8-18/h2-4,7-12,15H,5-6,13-14H2,1H3,(H,22,23,24). The van der Waals surface area contributed by atoms with Gasteiger partial charge in [-0.2, -0.15) is 0 Å². The summed E-state index contributed by atoms with van der Waals surface area (Å²) in [4.78, 5) is 19.3. The number of ether oxygens (including phenoxy) is 2. The van der Waals surface area contributed by atoms with Crippen LogP contribution in [0.2, 0.25) is 0 Å². The van der Waals surface area contributed by atoms with Gasteiger partial charge in [-0.05, 0) is 49.2 Å². The second kappa shape index (κ2) is 9.83. The molecule has 140 valence electrons. The van der Waals surface area contributed by atoms with E-state index in [4.69, 9.17) is 9.47 Å². The minimum Gasteiger partial charge on any atom is -0.497 e. The van der Waals surface area contributed by atoms with Crippen molar-refractivity contribution in [3.8, 4) is 22.8 Å². The van der Waals surface area contributed by atoms with E-state index >= 15 is 0 Å². The summed E-state index contributed by atoms with van der Waals surface area (Å²) in [5.74, 6) is 2.53. The van der Waals surface area contributed by atoms with Crippen molar-refractivity contribution in [3.63, 3.8) is 0 Å². The van der Waals surface area contributed by atoms with E-state index in [9.17, 15) is 4.79 Å². The SMILES string of the molecule is COc1ccc(-c2cc(=O)[nH]c(SCCCCOc3ccccc3)n2)cc1. The third-order valence-electron chi connectivity index (χ3n) is 3.90. The Morgan fingerprint density at radius 1 is 1.00 bits per heavy atom. The molecule has 0 aliphatic heterocycles. The first-order chi connectivity index (χ1) is 13.2. The summed E-state index contributed by atoms with van der Waals surface area (Å²) in [5, 5.41) is 0.636. The summed E-state index contributed by atoms with van der Waals surface area (Å²) < 4.78 is 10.8. The van der Waals surface area contributed by atoms with Gasteiger partial charge < -0.3 is 14.5 Å². The zero-order valence-electron chi connectivity index (χ0n) is 15.2. The number of hydrogen-bond donors (Lipinski definition) is 1. The Kier molecular flexibility index (Phi) is 6.93. The van der Waals surface area contributed by atoms with E-state index in [1.165, 1.54) is 6.07 Å². The number of hydrogen-bond acceptors (Lipinski definition) is 5. The molecule has 0 fully saturated rings. The fourth-order valence-corrected chi connectivity index (χ4v) is 3.37. The number of unbranched alkanes of at least 4 members (excludes halogenated alkanes) is 1. The summed E-state index contributed by atoms with van der Waals surface area (Å²) in [6.45, 7) is 0.681. The Labute approximate surface area is 162 Å². The smallest absolute Gasteiger partial charge is 0.252 e. The van der Waals surface area contributed by atoms with Crippen LogP contribution in [0.3, 0.4) is 0 Å². The molecule has 1 heterocycles. The van der Waals surface area contributed by atoms with Gasteiger partial charge in [-0.1, -0.05) is 30.0 Å². The van der Waals surface area contributed by atoms with Crippen LogP contribution in [0, 0.1) is 0 Å². The summed E-state index contributed by atoms with van der Waals surface area (Å²) in [6.07, 6.45) is 1.93. The van der Waals surface area contributed by atoms with E-state index in [0.717, 1.165) is 35.7 Å². The van der Waals surface area contributed by atoms with Crippen molar-refractivity contribution in [2.24, 2.45) is 0 Å². The lowest BCUT2D eigenvalue weighted by atomic mass is 10.1. The highest BCUT2D eigenvalue weighted by Gasteiger charge is 2.05. The van der Waals surface area contributed by atoms with Gasteiger partial charge in [0.25, 0.3) is 5.56 Å². The monoisotopic (exact) mass is 382 g/mol. The molecule has 0 saturated heterocycles. The summed E-state index contributed by atoms with van der Waals surface area (Å²) in [6, 6.07) is 18.8. The van der Waals surface area contributed by atoms with Gasteiger partial charge in [0, 0.05) is 17.4 Å². The number of rotatable bonds is 9. The molecule has 0 radical (unpaired) electrons. The number of benzene rings is 2. The largest absolute Gasteiger partial charge is 0.497 e. The number of methoxy groups -OCH3 is 1. The molecule has 6 heteroatoms. The van der Waals surface area contributed by atoms with Crippen LogP contribution in [-0.2, 0) is 0 Å². The molecule has 0 unspecified atom stereocenters. The maximum absolute atomic E-state index is 11.9. The van der Waals surface area contributed by atoms with E-state index in [2.05, 4.69) is 9.97 Å². The molecule has 1 N–H and O–H groups in total. The van der Waals surface area contributed by atoms with Gasteiger partial charge in [0.1, 0.15) is 11.5 Å². The quantitative estimate of drug-likeness (QED) is 0.338. The second-order valence-corrected chi connectivity index (χ2v) is 6.96. The number of thioether (sulfide) groups is 1. The molecule has 0 saturated carbocycles. The van der Waals surface area contributed by atoms with Crippen LogP contribution in [0.25, 0.3) is 11.3 Å². The molecule has 0 aliphatic rings. The average Bonchev–Trinajstić information content (AvgIpc) is 2.71. The van der Waals surface area contributed by atoms with E-state index in [1.807, 2.05) is 54.6 Å². The van der Waals surface area contributed by atoms with Crippen molar-refractivity contribution in [2.75, 3.05) is 19.5 Å². The molecule has 0 atom stereocenters. The molecule has 0 bridgehead atoms. The minimum absolute atomic E-state index is 0.147. The van der Waals surface area contributed by atoms with Gasteiger partial charge in [0.05, 0.1) is 19.4 Å². The molecule has 27 heavy (non-hydrogen) atoms. The Bertz CT molecular complexity index is 895. The van der Waals surface area contributed by atoms with E-state index in [1.54, 1.807) is 18.9 Å². The van der Waals surface area contributed by atoms with Gasteiger partial charge in [-0.3, -0.25) is 4.79 Å². The van der Waals surface area contributed by atoms with Gasteiger partial charge >= 0.3 is 0 Å². The summed E-state index contributed by atoms with van der Waals surface area (Å²) >= 11 is 1.55. The number of H-pyrrole nitrogens is 1. The first kappa shape index (κ1) is 19.0. The third kappa shape index (κ3) is 5.89. The van der Waals surface area contributed by atoms with Crippen LogP contribution < -0.4 is 15.0 Å². The zero-order valence-corrected chi connectivity index (χ0v) is 16.0. The van der Waals surface area contributed by atoms with Crippen LogP contribution >= 0.6 is 11.8 Å². The molecular formula is C21H22N2O3S. The van der Waals surface area contributed by atoms with Crippen LogP contribution in [-0.4, -0.2) is 29.4 Å².